The molecule has 0 amide bonds. The van der Waals surface area contributed by atoms with Crippen LogP contribution in [0.3, 0.4) is 0 Å². The normalized spacial score (nSPS) is 17.6. The Balaban J connectivity index is 2.10. The van der Waals surface area contributed by atoms with Gasteiger partial charge in [-0.1, -0.05) is 28.4 Å². The van der Waals surface area contributed by atoms with Crippen LogP contribution in [0.4, 0.5) is 4.39 Å². The standard InChI is InChI=1S/C17H24BrFN2/c1-2-3-4-5-6-17(21-9-7-20-8-10-21)14-11-15(18)13-16(19)12-14/h2,11-13,17,20H,1,3-10H2/t17-/m0/s1. The Labute approximate surface area is 135 Å². The first-order valence-corrected chi connectivity index (χ1v) is 8.51. The van der Waals surface area contributed by atoms with E-state index in [0.717, 1.165) is 61.9 Å². The number of hydrogen-bond acceptors (Lipinski definition) is 2. The minimum atomic E-state index is -0.161. The highest BCUT2D eigenvalue weighted by molar-refractivity contribution is 9.10. The Bertz CT molecular complexity index is 438. The van der Waals surface area contributed by atoms with Crippen LogP contribution in [0.15, 0.2) is 35.3 Å². The smallest absolute Gasteiger partial charge is 0.124 e. The molecule has 0 aliphatic carbocycles. The van der Waals surface area contributed by atoms with Crippen molar-refractivity contribution in [3.63, 3.8) is 0 Å². The third-order valence-electron chi connectivity index (χ3n) is 4.00. The molecule has 1 aliphatic heterocycles. The molecular weight excluding hydrogens is 331 g/mol. The van der Waals surface area contributed by atoms with Crippen LogP contribution in [-0.2, 0) is 0 Å². The van der Waals surface area contributed by atoms with Crippen LogP contribution < -0.4 is 5.32 Å². The molecule has 2 nitrogen and oxygen atoms in total. The molecule has 1 aliphatic rings. The summed E-state index contributed by atoms with van der Waals surface area (Å²) in [6, 6.07) is 5.58. The van der Waals surface area contributed by atoms with Crippen molar-refractivity contribution in [2.45, 2.75) is 31.7 Å². The maximum atomic E-state index is 13.7. The van der Waals surface area contributed by atoms with Crippen molar-refractivity contribution in [1.29, 1.82) is 0 Å². The zero-order valence-electron chi connectivity index (χ0n) is 12.5. The molecule has 0 unspecified atom stereocenters. The second kappa shape index (κ2) is 8.66. The van der Waals surface area contributed by atoms with Crippen LogP contribution in [0.1, 0.15) is 37.3 Å². The molecule has 1 aromatic rings. The molecule has 1 fully saturated rings. The zero-order valence-corrected chi connectivity index (χ0v) is 14.0. The minimum Gasteiger partial charge on any atom is -0.314 e. The third-order valence-corrected chi connectivity index (χ3v) is 4.46. The highest BCUT2D eigenvalue weighted by atomic mass is 79.9. The van der Waals surface area contributed by atoms with Gasteiger partial charge in [0.05, 0.1) is 0 Å². The van der Waals surface area contributed by atoms with Crippen molar-refractivity contribution in [1.82, 2.24) is 10.2 Å². The van der Waals surface area contributed by atoms with E-state index >= 15 is 0 Å². The van der Waals surface area contributed by atoms with Gasteiger partial charge in [0.15, 0.2) is 0 Å². The van der Waals surface area contributed by atoms with Crippen LogP contribution in [0.2, 0.25) is 0 Å². The Morgan fingerprint density at radius 1 is 1.29 bits per heavy atom. The lowest BCUT2D eigenvalue weighted by molar-refractivity contribution is 0.162. The van der Waals surface area contributed by atoms with Gasteiger partial charge in [-0.3, -0.25) is 4.90 Å². The van der Waals surface area contributed by atoms with E-state index in [1.807, 2.05) is 6.08 Å². The molecule has 4 heteroatoms. The summed E-state index contributed by atoms with van der Waals surface area (Å²) >= 11 is 3.41. The lowest BCUT2D eigenvalue weighted by atomic mass is 9.98. The molecule has 1 aromatic carbocycles. The summed E-state index contributed by atoms with van der Waals surface area (Å²) in [5.74, 6) is -0.161. The fourth-order valence-corrected chi connectivity index (χ4v) is 3.43. The molecule has 1 N–H and O–H groups in total. The molecule has 1 atom stereocenters. The number of nitrogens with zero attached hydrogens (tertiary/aromatic N) is 1. The second-order valence-corrected chi connectivity index (χ2v) is 6.49. The summed E-state index contributed by atoms with van der Waals surface area (Å²) in [5, 5.41) is 3.38. The summed E-state index contributed by atoms with van der Waals surface area (Å²) in [6.45, 7) is 7.86. The molecule has 0 bridgehead atoms. The van der Waals surface area contributed by atoms with Gasteiger partial charge in [0.2, 0.25) is 0 Å². The number of benzene rings is 1. The quantitative estimate of drug-likeness (QED) is 0.580. The van der Waals surface area contributed by atoms with Crippen LogP contribution in [-0.4, -0.2) is 31.1 Å². The maximum Gasteiger partial charge on any atom is 0.124 e. The summed E-state index contributed by atoms with van der Waals surface area (Å²) in [6.07, 6.45) is 6.40. The fourth-order valence-electron chi connectivity index (χ4n) is 2.95. The van der Waals surface area contributed by atoms with Gasteiger partial charge in [-0.05, 0) is 43.0 Å². The highest BCUT2D eigenvalue weighted by Crippen LogP contribution is 2.29. The van der Waals surface area contributed by atoms with E-state index < -0.39 is 0 Å². The first-order chi connectivity index (χ1) is 10.2. The molecule has 1 saturated heterocycles. The SMILES string of the molecule is C=CCCCC[C@@H](c1cc(F)cc(Br)c1)N1CCNCC1. The average molecular weight is 355 g/mol. The van der Waals surface area contributed by atoms with Gasteiger partial charge in [0.25, 0.3) is 0 Å². The van der Waals surface area contributed by atoms with E-state index in [2.05, 4.69) is 38.8 Å². The minimum absolute atomic E-state index is 0.161. The van der Waals surface area contributed by atoms with Crippen molar-refractivity contribution in [2.24, 2.45) is 0 Å². The van der Waals surface area contributed by atoms with E-state index in [0.29, 0.717) is 6.04 Å². The van der Waals surface area contributed by atoms with Gasteiger partial charge in [0.1, 0.15) is 5.82 Å². The predicted molar refractivity (Wildman–Crippen MR) is 89.9 cm³/mol. The van der Waals surface area contributed by atoms with Gasteiger partial charge >= 0.3 is 0 Å². The van der Waals surface area contributed by atoms with Crippen molar-refractivity contribution >= 4 is 15.9 Å². The van der Waals surface area contributed by atoms with E-state index in [4.69, 9.17) is 0 Å². The lowest BCUT2D eigenvalue weighted by Crippen LogP contribution is -2.45. The summed E-state index contributed by atoms with van der Waals surface area (Å²) in [7, 11) is 0. The van der Waals surface area contributed by atoms with Crippen LogP contribution in [0, 0.1) is 5.82 Å². The number of unbranched alkanes of at least 4 members (excludes halogenated alkanes) is 2. The largest absolute Gasteiger partial charge is 0.314 e. The van der Waals surface area contributed by atoms with Crippen molar-refractivity contribution in [3.05, 3.63) is 46.7 Å². The molecule has 2 rings (SSSR count). The summed E-state index contributed by atoms with van der Waals surface area (Å²) < 4.78 is 14.5. The molecule has 21 heavy (non-hydrogen) atoms. The van der Waals surface area contributed by atoms with Gasteiger partial charge in [0, 0.05) is 36.7 Å². The van der Waals surface area contributed by atoms with Crippen molar-refractivity contribution in [2.75, 3.05) is 26.2 Å². The number of piperazine rings is 1. The van der Waals surface area contributed by atoms with Gasteiger partial charge in [-0.25, -0.2) is 4.39 Å². The van der Waals surface area contributed by atoms with Crippen molar-refractivity contribution < 1.29 is 4.39 Å². The van der Waals surface area contributed by atoms with Crippen LogP contribution in [0.25, 0.3) is 0 Å². The highest BCUT2D eigenvalue weighted by Gasteiger charge is 2.22. The Hall–Kier alpha value is -0.710. The Kier molecular flexibility index (Phi) is 6.87. The second-order valence-electron chi connectivity index (χ2n) is 5.58. The Morgan fingerprint density at radius 3 is 2.71 bits per heavy atom. The fraction of sp³-hybridized carbons (Fsp3) is 0.529. The van der Waals surface area contributed by atoms with E-state index in [1.165, 1.54) is 6.07 Å². The molecule has 1 heterocycles. The Morgan fingerprint density at radius 2 is 2.05 bits per heavy atom. The van der Waals surface area contributed by atoms with Gasteiger partial charge in [-0.2, -0.15) is 0 Å². The number of halogens is 2. The number of nitrogens with one attached hydrogen (secondary N) is 1. The lowest BCUT2D eigenvalue weighted by Gasteiger charge is -2.35. The molecule has 0 saturated carbocycles. The number of rotatable bonds is 7. The van der Waals surface area contributed by atoms with E-state index in [-0.39, 0.29) is 5.82 Å². The topological polar surface area (TPSA) is 15.3 Å². The van der Waals surface area contributed by atoms with Crippen LogP contribution >= 0.6 is 15.9 Å². The first-order valence-electron chi connectivity index (χ1n) is 7.72. The maximum absolute atomic E-state index is 13.7. The van der Waals surface area contributed by atoms with E-state index in [1.54, 1.807) is 6.07 Å². The summed E-state index contributed by atoms with van der Waals surface area (Å²) in [5.41, 5.74) is 1.09. The third kappa shape index (κ3) is 5.20. The zero-order chi connectivity index (χ0) is 15.1. The molecule has 116 valence electrons. The van der Waals surface area contributed by atoms with Crippen molar-refractivity contribution in [3.8, 4) is 0 Å². The molecule has 0 aromatic heterocycles. The molecule has 0 spiro atoms. The number of allylic oxidation sites excluding steroid dienone is 1. The first kappa shape index (κ1) is 16.7. The average Bonchev–Trinajstić information content (AvgIpc) is 2.47. The van der Waals surface area contributed by atoms with Crippen LogP contribution in [0.5, 0.6) is 0 Å². The van der Waals surface area contributed by atoms with Gasteiger partial charge < -0.3 is 5.32 Å². The summed E-state index contributed by atoms with van der Waals surface area (Å²) in [4.78, 5) is 2.48. The van der Waals surface area contributed by atoms with E-state index in [9.17, 15) is 4.39 Å². The monoisotopic (exact) mass is 354 g/mol. The number of hydrogen-bond donors (Lipinski definition) is 1. The van der Waals surface area contributed by atoms with Gasteiger partial charge in [-0.15, -0.1) is 6.58 Å². The predicted octanol–water partition coefficient (Wildman–Crippen LogP) is 4.28. The molecule has 0 radical (unpaired) electrons. The molecular formula is C17H24BrFN2.